The standard InChI is InChI=1S/C14H18N4O/c1-5-9-18(13(15)16)14(19)17(4)12-10(2)7-6-8-11(12)3/h1,6-8H,9H2,2-4H3,(H3,15,16). The first kappa shape index (κ1) is 14.6. The van der Waals surface area contributed by atoms with Crippen LogP contribution in [0.5, 0.6) is 0 Å². The van der Waals surface area contributed by atoms with Crippen molar-refractivity contribution in [3.05, 3.63) is 29.3 Å². The highest BCUT2D eigenvalue weighted by molar-refractivity contribution is 6.03. The Morgan fingerprint density at radius 3 is 2.37 bits per heavy atom. The average molecular weight is 258 g/mol. The maximum Gasteiger partial charge on any atom is 0.331 e. The van der Waals surface area contributed by atoms with Crippen LogP contribution in [0.2, 0.25) is 0 Å². The molecule has 3 N–H and O–H groups in total. The van der Waals surface area contributed by atoms with Crippen LogP contribution in [0.4, 0.5) is 10.5 Å². The van der Waals surface area contributed by atoms with E-state index >= 15 is 0 Å². The van der Waals surface area contributed by atoms with Gasteiger partial charge in [0.15, 0.2) is 5.96 Å². The summed E-state index contributed by atoms with van der Waals surface area (Å²) in [6, 6.07) is 5.36. The van der Waals surface area contributed by atoms with Crippen molar-refractivity contribution in [1.29, 1.82) is 5.41 Å². The number of aryl methyl sites for hydroxylation is 2. The number of para-hydroxylation sites is 1. The van der Waals surface area contributed by atoms with Gasteiger partial charge in [-0.3, -0.25) is 15.2 Å². The molecule has 0 atom stereocenters. The topological polar surface area (TPSA) is 73.4 Å². The second kappa shape index (κ2) is 5.91. The number of terminal acetylenes is 1. The van der Waals surface area contributed by atoms with E-state index in [1.807, 2.05) is 32.0 Å². The summed E-state index contributed by atoms with van der Waals surface area (Å²) in [5.74, 6) is 1.96. The average Bonchev–Trinajstić information content (AvgIpc) is 2.34. The quantitative estimate of drug-likeness (QED) is 0.481. The molecule has 0 saturated carbocycles. The number of carbonyl (C=O) groups excluding carboxylic acids is 1. The predicted octanol–water partition coefficient (Wildman–Crippen LogP) is 1.69. The van der Waals surface area contributed by atoms with Crippen LogP contribution in [-0.4, -0.2) is 30.5 Å². The van der Waals surface area contributed by atoms with Crippen molar-refractivity contribution in [2.75, 3.05) is 18.5 Å². The van der Waals surface area contributed by atoms with E-state index in [9.17, 15) is 4.79 Å². The van der Waals surface area contributed by atoms with Gasteiger partial charge in [0, 0.05) is 7.05 Å². The molecule has 1 aromatic rings. The van der Waals surface area contributed by atoms with Gasteiger partial charge in [0.05, 0.1) is 12.2 Å². The van der Waals surface area contributed by atoms with Gasteiger partial charge in [-0.05, 0) is 25.0 Å². The molecule has 0 fully saturated rings. The highest BCUT2D eigenvalue weighted by Crippen LogP contribution is 2.24. The van der Waals surface area contributed by atoms with Crippen molar-refractivity contribution in [2.45, 2.75) is 13.8 Å². The molecule has 0 aliphatic rings. The minimum Gasteiger partial charge on any atom is -0.370 e. The molecule has 5 nitrogen and oxygen atoms in total. The van der Waals surface area contributed by atoms with E-state index in [2.05, 4.69) is 5.92 Å². The lowest BCUT2D eigenvalue weighted by Gasteiger charge is -2.27. The summed E-state index contributed by atoms with van der Waals surface area (Å²) in [4.78, 5) is 14.8. The summed E-state index contributed by atoms with van der Waals surface area (Å²) in [7, 11) is 1.64. The van der Waals surface area contributed by atoms with E-state index in [4.69, 9.17) is 17.6 Å². The van der Waals surface area contributed by atoms with Gasteiger partial charge < -0.3 is 5.73 Å². The van der Waals surface area contributed by atoms with Gasteiger partial charge >= 0.3 is 6.03 Å². The monoisotopic (exact) mass is 258 g/mol. The van der Waals surface area contributed by atoms with Crippen molar-refractivity contribution >= 4 is 17.7 Å². The summed E-state index contributed by atoms with van der Waals surface area (Å²) in [6.07, 6.45) is 5.19. The van der Waals surface area contributed by atoms with Gasteiger partial charge in [0.2, 0.25) is 0 Å². The summed E-state index contributed by atoms with van der Waals surface area (Å²) in [5, 5.41) is 7.41. The molecule has 1 rings (SSSR count). The predicted molar refractivity (Wildman–Crippen MR) is 77.2 cm³/mol. The highest BCUT2D eigenvalue weighted by atomic mass is 16.2. The molecule has 1 aromatic carbocycles. The number of guanidine groups is 1. The van der Waals surface area contributed by atoms with Crippen LogP contribution >= 0.6 is 0 Å². The van der Waals surface area contributed by atoms with E-state index < -0.39 is 6.03 Å². The number of nitrogens with one attached hydrogen (secondary N) is 1. The SMILES string of the molecule is C#CCN(C(=N)N)C(=O)N(C)c1c(C)cccc1C. The molecule has 0 saturated heterocycles. The fraction of sp³-hybridized carbons (Fsp3) is 0.286. The zero-order valence-electron chi connectivity index (χ0n) is 11.4. The van der Waals surface area contributed by atoms with E-state index in [1.54, 1.807) is 7.05 Å². The first-order valence-electron chi connectivity index (χ1n) is 5.79. The second-order valence-corrected chi connectivity index (χ2v) is 4.26. The van der Waals surface area contributed by atoms with E-state index in [0.29, 0.717) is 0 Å². The first-order valence-corrected chi connectivity index (χ1v) is 5.79. The Bertz CT molecular complexity index is 525. The van der Waals surface area contributed by atoms with Crippen LogP contribution in [-0.2, 0) is 0 Å². The van der Waals surface area contributed by atoms with E-state index in [-0.39, 0.29) is 12.5 Å². The van der Waals surface area contributed by atoms with Crippen LogP contribution < -0.4 is 10.6 Å². The fourth-order valence-electron chi connectivity index (χ4n) is 1.96. The van der Waals surface area contributed by atoms with Gasteiger partial charge in [-0.1, -0.05) is 24.1 Å². The molecule has 0 unspecified atom stereocenters. The minimum absolute atomic E-state index is 0.0244. The number of benzene rings is 1. The molecule has 0 radical (unpaired) electrons. The Hall–Kier alpha value is -2.48. The molecular formula is C14H18N4O. The van der Waals surface area contributed by atoms with Crippen LogP contribution in [0.25, 0.3) is 0 Å². The van der Waals surface area contributed by atoms with Crippen molar-refractivity contribution in [2.24, 2.45) is 5.73 Å². The number of rotatable bonds is 2. The zero-order chi connectivity index (χ0) is 14.6. The summed E-state index contributed by atoms with van der Waals surface area (Å²) >= 11 is 0. The Balaban J connectivity index is 3.12. The van der Waals surface area contributed by atoms with E-state index in [0.717, 1.165) is 21.7 Å². The van der Waals surface area contributed by atoms with Crippen molar-refractivity contribution < 1.29 is 4.79 Å². The number of urea groups is 1. The molecule has 2 amide bonds. The van der Waals surface area contributed by atoms with Gasteiger partial charge in [0.25, 0.3) is 0 Å². The zero-order valence-corrected chi connectivity index (χ0v) is 11.4. The summed E-state index contributed by atoms with van der Waals surface area (Å²) < 4.78 is 0. The van der Waals surface area contributed by atoms with Gasteiger partial charge in [-0.25, -0.2) is 4.79 Å². The second-order valence-electron chi connectivity index (χ2n) is 4.26. The van der Waals surface area contributed by atoms with Crippen molar-refractivity contribution in [1.82, 2.24) is 4.90 Å². The number of nitrogens with zero attached hydrogens (tertiary/aromatic N) is 2. The van der Waals surface area contributed by atoms with Crippen molar-refractivity contribution in [3.8, 4) is 12.3 Å². The van der Waals surface area contributed by atoms with E-state index in [1.165, 1.54) is 4.90 Å². The molecule has 5 heteroatoms. The maximum atomic E-state index is 12.3. The van der Waals surface area contributed by atoms with Gasteiger partial charge in [-0.15, -0.1) is 6.42 Å². The number of nitrogens with two attached hydrogens (primary N) is 1. The smallest absolute Gasteiger partial charge is 0.331 e. The Morgan fingerprint density at radius 2 is 1.95 bits per heavy atom. The Kier molecular flexibility index (Phi) is 4.54. The third-order valence-corrected chi connectivity index (χ3v) is 2.83. The third kappa shape index (κ3) is 3.05. The van der Waals surface area contributed by atoms with Crippen LogP contribution in [0.1, 0.15) is 11.1 Å². The molecule has 19 heavy (non-hydrogen) atoms. The lowest BCUT2D eigenvalue weighted by atomic mass is 10.1. The van der Waals surface area contributed by atoms with Crippen LogP contribution in [0.15, 0.2) is 18.2 Å². The lowest BCUT2D eigenvalue weighted by molar-refractivity contribution is 0.231. The molecule has 0 aliphatic carbocycles. The molecule has 0 heterocycles. The largest absolute Gasteiger partial charge is 0.370 e. The summed E-state index contributed by atoms with van der Waals surface area (Å²) in [5.41, 5.74) is 8.13. The fourth-order valence-corrected chi connectivity index (χ4v) is 1.96. The third-order valence-electron chi connectivity index (χ3n) is 2.83. The van der Waals surface area contributed by atoms with Gasteiger partial charge in [0.1, 0.15) is 0 Å². The maximum absolute atomic E-state index is 12.3. The number of hydrogen-bond donors (Lipinski definition) is 2. The first-order chi connectivity index (χ1) is 8.90. The van der Waals surface area contributed by atoms with Gasteiger partial charge in [-0.2, -0.15) is 0 Å². The minimum atomic E-state index is -0.414. The Labute approximate surface area is 113 Å². The van der Waals surface area contributed by atoms with Crippen LogP contribution in [0.3, 0.4) is 0 Å². The Morgan fingerprint density at radius 1 is 1.42 bits per heavy atom. The molecule has 100 valence electrons. The number of anilines is 1. The molecule has 0 aliphatic heterocycles. The van der Waals surface area contributed by atoms with Crippen LogP contribution in [0, 0.1) is 31.6 Å². The number of hydrogen-bond acceptors (Lipinski definition) is 2. The highest BCUT2D eigenvalue weighted by Gasteiger charge is 2.22. The van der Waals surface area contributed by atoms with Crippen molar-refractivity contribution in [3.63, 3.8) is 0 Å². The molecule has 0 bridgehead atoms. The summed E-state index contributed by atoms with van der Waals surface area (Å²) in [6.45, 7) is 3.82. The number of amides is 2. The molecular weight excluding hydrogens is 240 g/mol. The number of carbonyl (C=O) groups is 1. The molecule has 0 spiro atoms. The normalized spacial score (nSPS) is 9.58. The molecule has 0 aromatic heterocycles. The lowest BCUT2D eigenvalue weighted by Crippen LogP contribution is -2.48.